The highest BCUT2D eigenvalue weighted by Crippen LogP contribution is 2.34. The van der Waals surface area contributed by atoms with Crippen molar-refractivity contribution < 1.29 is 17.1 Å². The fourth-order valence-electron chi connectivity index (χ4n) is 3.99. The Labute approximate surface area is 181 Å². The Morgan fingerprint density at radius 3 is 2.42 bits per heavy atom. The van der Waals surface area contributed by atoms with E-state index in [0.29, 0.717) is 11.7 Å². The van der Waals surface area contributed by atoms with Crippen molar-refractivity contribution in [1.29, 1.82) is 0 Å². The van der Waals surface area contributed by atoms with E-state index in [1.54, 1.807) is 36.4 Å². The summed E-state index contributed by atoms with van der Waals surface area (Å²) in [5, 5.41) is 5.95. The van der Waals surface area contributed by atoms with Crippen LogP contribution in [0.3, 0.4) is 0 Å². The molecule has 1 fully saturated rings. The van der Waals surface area contributed by atoms with E-state index in [0.717, 1.165) is 40.6 Å². The highest BCUT2D eigenvalue weighted by molar-refractivity contribution is 7.87. The largest absolute Gasteiger partial charge is 0.379 e. The molecule has 5 rings (SSSR count). The number of aromatic nitrogens is 2. The Bertz CT molecular complexity index is 1340. The molecule has 0 atom stereocenters. The number of hydrogen-bond acceptors (Lipinski definition) is 6. The Hall–Kier alpha value is -3.19. The molecule has 1 saturated carbocycles. The quantitative estimate of drug-likeness (QED) is 0.379. The van der Waals surface area contributed by atoms with Gasteiger partial charge in [-0.05, 0) is 60.9 Å². The van der Waals surface area contributed by atoms with Crippen LogP contribution in [-0.4, -0.2) is 18.6 Å². The third kappa shape index (κ3) is 4.05. The monoisotopic (exact) mass is 434 g/mol. The van der Waals surface area contributed by atoms with Gasteiger partial charge < -0.3 is 8.71 Å². The third-order valence-corrected chi connectivity index (χ3v) is 6.99. The van der Waals surface area contributed by atoms with Gasteiger partial charge in [-0.1, -0.05) is 53.9 Å². The third-order valence-electron chi connectivity index (χ3n) is 5.73. The van der Waals surface area contributed by atoms with Gasteiger partial charge in [0.2, 0.25) is 11.7 Å². The maximum absolute atomic E-state index is 12.6. The summed E-state index contributed by atoms with van der Waals surface area (Å²) in [6, 6.07) is 17.6. The van der Waals surface area contributed by atoms with Gasteiger partial charge in [0.15, 0.2) is 0 Å². The van der Waals surface area contributed by atoms with Gasteiger partial charge in [-0.3, -0.25) is 0 Å². The van der Waals surface area contributed by atoms with Crippen LogP contribution in [-0.2, 0) is 10.1 Å². The van der Waals surface area contributed by atoms with Crippen LogP contribution >= 0.6 is 0 Å². The predicted molar refractivity (Wildman–Crippen MR) is 117 cm³/mol. The SMILES string of the molecule is Cc1ccc(S(=O)(=O)Oc2ccc3cc(-c4noc(C5CCCC5)n4)ccc3c2)cc1. The van der Waals surface area contributed by atoms with Crippen LogP contribution in [0.25, 0.3) is 22.2 Å². The van der Waals surface area contributed by atoms with Gasteiger partial charge in [0.1, 0.15) is 10.6 Å². The molecule has 4 aromatic rings. The first-order valence-corrected chi connectivity index (χ1v) is 11.8. The lowest BCUT2D eigenvalue weighted by Gasteiger charge is -2.08. The van der Waals surface area contributed by atoms with Gasteiger partial charge in [-0.25, -0.2) is 0 Å². The highest BCUT2D eigenvalue weighted by atomic mass is 32.2. The molecule has 31 heavy (non-hydrogen) atoms. The summed E-state index contributed by atoms with van der Waals surface area (Å²) in [6.45, 7) is 1.90. The van der Waals surface area contributed by atoms with E-state index in [4.69, 9.17) is 8.71 Å². The molecule has 158 valence electrons. The van der Waals surface area contributed by atoms with E-state index < -0.39 is 10.1 Å². The maximum atomic E-state index is 12.6. The summed E-state index contributed by atoms with van der Waals surface area (Å²) in [4.78, 5) is 4.72. The van der Waals surface area contributed by atoms with Crippen molar-refractivity contribution in [3.63, 3.8) is 0 Å². The van der Waals surface area contributed by atoms with Crippen LogP contribution in [0.5, 0.6) is 5.75 Å². The minimum Gasteiger partial charge on any atom is -0.379 e. The molecule has 0 bridgehead atoms. The van der Waals surface area contributed by atoms with Crippen molar-refractivity contribution in [3.05, 3.63) is 72.1 Å². The number of benzene rings is 3. The van der Waals surface area contributed by atoms with Crippen molar-refractivity contribution in [2.75, 3.05) is 0 Å². The molecule has 0 spiro atoms. The molecule has 0 N–H and O–H groups in total. The molecule has 0 saturated heterocycles. The molecule has 0 unspecified atom stereocenters. The van der Waals surface area contributed by atoms with Gasteiger partial charge in [0.25, 0.3) is 0 Å². The highest BCUT2D eigenvalue weighted by Gasteiger charge is 2.23. The first-order chi connectivity index (χ1) is 15.0. The van der Waals surface area contributed by atoms with E-state index in [1.807, 2.05) is 31.2 Å². The van der Waals surface area contributed by atoms with Crippen LogP contribution in [0.1, 0.15) is 43.1 Å². The fourth-order valence-corrected chi connectivity index (χ4v) is 4.91. The lowest BCUT2D eigenvalue weighted by molar-refractivity contribution is 0.354. The normalized spacial score (nSPS) is 14.9. The molecule has 3 aromatic carbocycles. The van der Waals surface area contributed by atoms with Gasteiger partial charge in [0, 0.05) is 11.5 Å². The molecule has 1 aliphatic carbocycles. The number of fused-ring (bicyclic) bond motifs is 1. The van der Waals surface area contributed by atoms with E-state index in [1.165, 1.54) is 12.8 Å². The molecule has 0 aliphatic heterocycles. The summed E-state index contributed by atoms with van der Waals surface area (Å²) >= 11 is 0. The minimum absolute atomic E-state index is 0.128. The summed E-state index contributed by atoms with van der Waals surface area (Å²) in [5.41, 5.74) is 1.85. The standard InChI is InChI=1S/C24H22N2O4S/c1-16-6-12-22(13-7-16)31(27,28)30-21-11-10-18-14-20(9-8-19(18)15-21)23-25-24(29-26-23)17-4-2-3-5-17/h6-15,17H,2-5H2,1H3. The lowest BCUT2D eigenvalue weighted by Crippen LogP contribution is -2.09. The average molecular weight is 435 g/mol. The van der Waals surface area contributed by atoms with Gasteiger partial charge in [-0.15, -0.1) is 0 Å². The second-order valence-corrected chi connectivity index (χ2v) is 9.56. The zero-order valence-electron chi connectivity index (χ0n) is 17.1. The number of nitrogens with zero attached hydrogens (tertiary/aromatic N) is 2. The van der Waals surface area contributed by atoms with E-state index >= 15 is 0 Å². The molecular weight excluding hydrogens is 412 g/mol. The molecular formula is C24H22N2O4S. The predicted octanol–water partition coefficient (Wildman–Crippen LogP) is 5.62. The minimum atomic E-state index is -3.89. The second kappa shape index (κ2) is 7.81. The van der Waals surface area contributed by atoms with Crippen LogP contribution in [0, 0.1) is 6.92 Å². The smallest absolute Gasteiger partial charge is 0.339 e. The fraction of sp³-hybridized carbons (Fsp3) is 0.250. The summed E-state index contributed by atoms with van der Waals surface area (Å²) < 4.78 is 35.9. The van der Waals surface area contributed by atoms with Crippen molar-refractivity contribution in [3.8, 4) is 17.1 Å². The molecule has 1 aliphatic rings. The van der Waals surface area contributed by atoms with Crippen LogP contribution in [0.2, 0.25) is 0 Å². The Morgan fingerprint density at radius 1 is 0.935 bits per heavy atom. The maximum Gasteiger partial charge on any atom is 0.339 e. The molecule has 0 radical (unpaired) electrons. The van der Waals surface area contributed by atoms with Crippen molar-refractivity contribution in [2.45, 2.75) is 43.4 Å². The van der Waals surface area contributed by atoms with Gasteiger partial charge in [0.05, 0.1) is 0 Å². The Balaban J connectivity index is 1.39. The van der Waals surface area contributed by atoms with E-state index in [9.17, 15) is 8.42 Å². The zero-order chi connectivity index (χ0) is 21.4. The summed E-state index contributed by atoms with van der Waals surface area (Å²) in [6.07, 6.45) is 4.63. The number of rotatable bonds is 5. The average Bonchev–Trinajstić information content (AvgIpc) is 3.45. The molecule has 0 amide bonds. The van der Waals surface area contributed by atoms with E-state index in [2.05, 4.69) is 10.1 Å². The second-order valence-electron chi connectivity index (χ2n) is 8.01. The van der Waals surface area contributed by atoms with Crippen LogP contribution in [0.4, 0.5) is 0 Å². The molecule has 1 aromatic heterocycles. The number of hydrogen-bond donors (Lipinski definition) is 0. The van der Waals surface area contributed by atoms with Crippen molar-refractivity contribution in [2.24, 2.45) is 0 Å². The van der Waals surface area contributed by atoms with Crippen LogP contribution in [0.15, 0.2) is 70.1 Å². The van der Waals surface area contributed by atoms with Crippen LogP contribution < -0.4 is 4.18 Å². The molecule has 7 heteroatoms. The first-order valence-electron chi connectivity index (χ1n) is 10.4. The Kier molecular flexibility index (Phi) is 4.98. The van der Waals surface area contributed by atoms with Crippen molar-refractivity contribution >= 4 is 20.9 Å². The van der Waals surface area contributed by atoms with Gasteiger partial charge in [-0.2, -0.15) is 13.4 Å². The van der Waals surface area contributed by atoms with E-state index in [-0.39, 0.29) is 10.6 Å². The lowest BCUT2D eigenvalue weighted by atomic mass is 10.1. The zero-order valence-corrected chi connectivity index (χ0v) is 17.9. The molecule has 1 heterocycles. The topological polar surface area (TPSA) is 82.3 Å². The first kappa shape index (κ1) is 19.8. The number of aryl methyl sites for hydroxylation is 1. The Morgan fingerprint density at radius 2 is 1.65 bits per heavy atom. The molecule has 6 nitrogen and oxygen atoms in total. The van der Waals surface area contributed by atoms with Crippen molar-refractivity contribution in [1.82, 2.24) is 10.1 Å². The summed E-state index contributed by atoms with van der Waals surface area (Å²) in [5.74, 6) is 1.93. The van der Waals surface area contributed by atoms with Gasteiger partial charge >= 0.3 is 10.1 Å². The summed E-state index contributed by atoms with van der Waals surface area (Å²) in [7, 11) is -3.89.